The van der Waals surface area contributed by atoms with Crippen LogP contribution in [0.25, 0.3) is 10.9 Å². The fraction of sp³-hybridized carbons (Fsp3) is 0.450. The number of fused-ring (bicyclic) bond motifs is 1. The van der Waals surface area contributed by atoms with E-state index in [-0.39, 0.29) is 6.04 Å². The Bertz CT molecular complexity index is 941. The highest BCUT2D eigenvalue weighted by molar-refractivity contribution is 5.94. The van der Waals surface area contributed by atoms with Crippen LogP contribution in [-0.4, -0.2) is 47.7 Å². The molecule has 0 bridgehead atoms. The molecule has 1 aromatic carbocycles. The number of aromatic nitrogens is 4. The molecule has 0 saturated heterocycles. The van der Waals surface area contributed by atoms with Gasteiger partial charge in [-0.2, -0.15) is 0 Å². The number of ether oxygens (including phenoxy) is 3. The Labute approximate surface area is 164 Å². The molecular formula is C20H27N5O3. The van der Waals surface area contributed by atoms with E-state index < -0.39 is 0 Å². The standard InChI is InChI=1S/C20H27N5O3/c1-13-11-17(23-19-16(28-5)8-7-15(27-4)18(13)19)22-14(2)20-24-21-12-25(20)9-6-10-26-3/h7-8,11-12,14H,6,9-10H2,1-5H3,(H,22,23)/t14-/m0/s1. The third-order valence-electron chi connectivity index (χ3n) is 4.67. The van der Waals surface area contributed by atoms with Crippen LogP contribution < -0.4 is 14.8 Å². The summed E-state index contributed by atoms with van der Waals surface area (Å²) in [6.45, 7) is 5.58. The second-order valence-electron chi connectivity index (χ2n) is 6.61. The van der Waals surface area contributed by atoms with Crippen LogP contribution in [0.1, 0.15) is 30.8 Å². The smallest absolute Gasteiger partial charge is 0.155 e. The molecule has 1 N–H and O–H groups in total. The summed E-state index contributed by atoms with van der Waals surface area (Å²) in [4.78, 5) is 4.78. The molecule has 2 heterocycles. The van der Waals surface area contributed by atoms with Gasteiger partial charge in [-0.25, -0.2) is 4.98 Å². The Morgan fingerprint density at radius 1 is 1.14 bits per heavy atom. The molecule has 8 heteroatoms. The van der Waals surface area contributed by atoms with Gasteiger partial charge in [-0.15, -0.1) is 10.2 Å². The van der Waals surface area contributed by atoms with Crippen LogP contribution in [0.4, 0.5) is 5.82 Å². The average Bonchev–Trinajstić information content (AvgIpc) is 3.16. The van der Waals surface area contributed by atoms with E-state index in [1.54, 1.807) is 27.7 Å². The van der Waals surface area contributed by atoms with Crippen LogP contribution in [0.2, 0.25) is 0 Å². The minimum absolute atomic E-state index is 0.0639. The van der Waals surface area contributed by atoms with Crippen molar-refractivity contribution in [3.63, 3.8) is 0 Å². The Morgan fingerprint density at radius 3 is 2.61 bits per heavy atom. The molecule has 0 aliphatic heterocycles. The van der Waals surface area contributed by atoms with Gasteiger partial charge in [-0.05, 0) is 44.0 Å². The highest BCUT2D eigenvalue weighted by atomic mass is 16.5. The topological polar surface area (TPSA) is 83.3 Å². The lowest BCUT2D eigenvalue weighted by Gasteiger charge is -2.18. The van der Waals surface area contributed by atoms with Crippen LogP contribution in [0, 0.1) is 6.92 Å². The zero-order valence-electron chi connectivity index (χ0n) is 17.0. The Morgan fingerprint density at radius 2 is 1.89 bits per heavy atom. The summed E-state index contributed by atoms with van der Waals surface area (Å²) < 4.78 is 18.2. The van der Waals surface area contributed by atoms with Crippen molar-refractivity contribution >= 4 is 16.7 Å². The number of rotatable bonds is 9. The first-order valence-electron chi connectivity index (χ1n) is 9.24. The van der Waals surface area contributed by atoms with Gasteiger partial charge in [0.2, 0.25) is 0 Å². The van der Waals surface area contributed by atoms with Crippen molar-refractivity contribution in [1.82, 2.24) is 19.7 Å². The maximum Gasteiger partial charge on any atom is 0.155 e. The number of hydrogen-bond donors (Lipinski definition) is 1. The van der Waals surface area contributed by atoms with Gasteiger partial charge in [-0.1, -0.05) is 0 Å². The minimum Gasteiger partial charge on any atom is -0.496 e. The van der Waals surface area contributed by atoms with Crippen molar-refractivity contribution in [2.75, 3.05) is 33.3 Å². The maximum atomic E-state index is 5.50. The van der Waals surface area contributed by atoms with Crippen LogP contribution in [0.15, 0.2) is 24.5 Å². The summed E-state index contributed by atoms with van der Waals surface area (Å²) >= 11 is 0. The molecule has 0 saturated carbocycles. The number of nitrogens with one attached hydrogen (secondary N) is 1. The van der Waals surface area contributed by atoms with Crippen molar-refractivity contribution in [2.45, 2.75) is 32.9 Å². The predicted octanol–water partition coefficient (Wildman–Crippen LogP) is 3.36. The van der Waals surface area contributed by atoms with E-state index in [9.17, 15) is 0 Å². The van der Waals surface area contributed by atoms with Crippen molar-refractivity contribution in [3.05, 3.63) is 35.9 Å². The molecule has 0 unspecified atom stereocenters. The van der Waals surface area contributed by atoms with Crippen LogP contribution in [0.3, 0.4) is 0 Å². The highest BCUT2D eigenvalue weighted by Crippen LogP contribution is 2.35. The lowest BCUT2D eigenvalue weighted by atomic mass is 10.1. The fourth-order valence-corrected chi connectivity index (χ4v) is 3.32. The largest absolute Gasteiger partial charge is 0.496 e. The molecule has 3 rings (SSSR count). The van der Waals surface area contributed by atoms with Gasteiger partial charge in [-0.3, -0.25) is 0 Å². The zero-order valence-corrected chi connectivity index (χ0v) is 17.0. The molecule has 0 radical (unpaired) electrons. The Hall–Kier alpha value is -2.87. The maximum absolute atomic E-state index is 5.50. The Kier molecular flexibility index (Phi) is 6.30. The van der Waals surface area contributed by atoms with Crippen LogP contribution in [-0.2, 0) is 11.3 Å². The summed E-state index contributed by atoms with van der Waals surface area (Å²) in [5.41, 5.74) is 1.81. The number of aryl methyl sites for hydroxylation is 2. The van der Waals surface area contributed by atoms with Gasteiger partial charge in [0.05, 0.1) is 20.3 Å². The van der Waals surface area contributed by atoms with Crippen molar-refractivity contribution in [1.29, 1.82) is 0 Å². The lowest BCUT2D eigenvalue weighted by Crippen LogP contribution is -2.15. The van der Waals surface area contributed by atoms with Crippen LogP contribution >= 0.6 is 0 Å². The molecule has 0 amide bonds. The first-order valence-corrected chi connectivity index (χ1v) is 9.24. The predicted molar refractivity (Wildman–Crippen MR) is 108 cm³/mol. The number of methoxy groups -OCH3 is 3. The summed E-state index contributed by atoms with van der Waals surface area (Å²) in [5, 5.41) is 12.7. The molecule has 8 nitrogen and oxygen atoms in total. The second kappa shape index (κ2) is 8.88. The SMILES string of the molecule is COCCCn1cnnc1[C@H](C)Nc1cc(C)c2c(OC)ccc(OC)c2n1. The monoisotopic (exact) mass is 385 g/mol. The molecular weight excluding hydrogens is 358 g/mol. The molecule has 3 aromatic rings. The van der Waals surface area contributed by atoms with E-state index in [2.05, 4.69) is 15.5 Å². The number of hydrogen-bond acceptors (Lipinski definition) is 7. The lowest BCUT2D eigenvalue weighted by molar-refractivity contribution is 0.190. The molecule has 150 valence electrons. The summed E-state index contributed by atoms with van der Waals surface area (Å²) in [7, 11) is 5.00. The normalized spacial score (nSPS) is 12.2. The minimum atomic E-state index is -0.0639. The molecule has 0 aliphatic carbocycles. The molecule has 0 spiro atoms. The van der Waals surface area contributed by atoms with Gasteiger partial charge in [0, 0.05) is 25.6 Å². The number of nitrogens with zero attached hydrogens (tertiary/aromatic N) is 4. The average molecular weight is 385 g/mol. The van der Waals surface area contributed by atoms with Crippen molar-refractivity contribution < 1.29 is 14.2 Å². The van der Waals surface area contributed by atoms with Crippen LogP contribution in [0.5, 0.6) is 11.5 Å². The summed E-state index contributed by atoms with van der Waals surface area (Å²) in [6, 6.07) is 5.71. The van der Waals surface area contributed by atoms with E-state index in [4.69, 9.17) is 19.2 Å². The van der Waals surface area contributed by atoms with E-state index in [1.165, 1.54) is 0 Å². The number of pyridine rings is 1. The molecule has 28 heavy (non-hydrogen) atoms. The summed E-state index contributed by atoms with van der Waals surface area (Å²) in [6.07, 6.45) is 2.65. The molecule has 1 atom stereocenters. The van der Waals surface area contributed by atoms with Crippen molar-refractivity contribution in [3.8, 4) is 11.5 Å². The molecule has 2 aromatic heterocycles. The molecule has 0 aliphatic rings. The highest BCUT2D eigenvalue weighted by Gasteiger charge is 2.17. The first-order chi connectivity index (χ1) is 13.6. The number of anilines is 1. The van der Waals surface area contributed by atoms with E-state index in [0.29, 0.717) is 12.4 Å². The second-order valence-corrected chi connectivity index (χ2v) is 6.61. The van der Waals surface area contributed by atoms with E-state index in [0.717, 1.165) is 46.8 Å². The van der Waals surface area contributed by atoms with Gasteiger partial charge in [0.25, 0.3) is 0 Å². The van der Waals surface area contributed by atoms with Crippen molar-refractivity contribution in [2.24, 2.45) is 0 Å². The zero-order chi connectivity index (χ0) is 20.1. The summed E-state index contributed by atoms with van der Waals surface area (Å²) in [5.74, 6) is 3.08. The van der Waals surface area contributed by atoms with Gasteiger partial charge < -0.3 is 24.1 Å². The fourth-order valence-electron chi connectivity index (χ4n) is 3.32. The number of benzene rings is 1. The van der Waals surface area contributed by atoms with Gasteiger partial charge in [0.1, 0.15) is 29.2 Å². The van der Waals surface area contributed by atoms with E-state index >= 15 is 0 Å². The van der Waals surface area contributed by atoms with E-state index in [1.807, 2.05) is 36.6 Å². The van der Waals surface area contributed by atoms with Gasteiger partial charge >= 0.3 is 0 Å². The quantitative estimate of drug-likeness (QED) is 0.566. The molecule has 0 fully saturated rings. The Balaban J connectivity index is 1.90. The van der Waals surface area contributed by atoms with Gasteiger partial charge in [0.15, 0.2) is 5.82 Å². The first kappa shape index (κ1) is 19.9. The third-order valence-corrected chi connectivity index (χ3v) is 4.67. The third kappa shape index (κ3) is 4.01.